The van der Waals surface area contributed by atoms with E-state index in [0.29, 0.717) is 12.1 Å². The molecule has 2 aromatic carbocycles. The molecule has 3 rings (SSSR count). The summed E-state index contributed by atoms with van der Waals surface area (Å²) in [6.07, 6.45) is 0.693. The Kier molecular flexibility index (Phi) is 3.06. The lowest BCUT2D eigenvalue weighted by atomic mass is 10.1. The first-order chi connectivity index (χ1) is 9.65. The molecular weight excluding hydrogens is 252 g/mol. The predicted molar refractivity (Wildman–Crippen MR) is 79.1 cm³/mol. The van der Waals surface area contributed by atoms with E-state index in [2.05, 4.69) is 5.32 Å². The fourth-order valence-corrected chi connectivity index (χ4v) is 2.51. The summed E-state index contributed by atoms with van der Waals surface area (Å²) in [5.41, 5.74) is 2.87. The number of carbonyl (C=O) groups excluding carboxylic acids is 1. The van der Waals surface area contributed by atoms with E-state index in [1.807, 2.05) is 24.3 Å². The van der Waals surface area contributed by atoms with Gasteiger partial charge in [-0.1, -0.05) is 24.3 Å². The minimum atomic E-state index is -0.250. The van der Waals surface area contributed by atoms with E-state index in [1.54, 1.807) is 36.2 Å². The van der Waals surface area contributed by atoms with Crippen molar-refractivity contribution in [2.45, 2.75) is 12.5 Å². The van der Waals surface area contributed by atoms with E-state index in [9.17, 15) is 9.90 Å². The van der Waals surface area contributed by atoms with Crippen LogP contribution in [0.5, 0.6) is 5.75 Å². The van der Waals surface area contributed by atoms with Crippen LogP contribution >= 0.6 is 0 Å². The van der Waals surface area contributed by atoms with Crippen molar-refractivity contribution in [3.05, 3.63) is 54.1 Å². The van der Waals surface area contributed by atoms with Crippen molar-refractivity contribution in [2.75, 3.05) is 17.3 Å². The number of hydrogen-bond acceptors (Lipinski definition) is 3. The quantitative estimate of drug-likeness (QED) is 0.879. The molecule has 1 aliphatic rings. The summed E-state index contributed by atoms with van der Waals surface area (Å²) in [6, 6.07) is 14.4. The molecule has 0 bridgehead atoms. The highest BCUT2D eigenvalue weighted by molar-refractivity contribution is 5.99. The maximum absolute atomic E-state index is 12.5. The minimum absolute atomic E-state index is 0.00759. The van der Waals surface area contributed by atoms with E-state index < -0.39 is 0 Å². The standard InChI is InChI=1S/C16H16N2O2/c1-18(12-6-4-7-13(19)10-12)16(20)15-9-11-5-2-3-8-14(11)17-15/h2-8,10,15,17,19H,9H2,1H3. The van der Waals surface area contributed by atoms with E-state index in [4.69, 9.17) is 0 Å². The summed E-state index contributed by atoms with van der Waals surface area (Å²) in [5, 5.41) is 12.7. The van der Waals surface area contributed by atoms with Gasteiger partial charge < -0.3 is 15.3 Å². The summed E-state index contributed by atoms with van der Waals surface area (Å²) in [7, 11) is 1.72. The van der Waals surface area contributed by atoms with Gasteiger partial charge in [-0.25, -0.2) is 0 Å². The molecule has 2 aromatic rings. The van der Waals surface area contributed by atoms with Gasteiger partial charge in [-0.2, -0.15) is 0 Å². The normalized spacial score (nSPS) is 16.4. The Labute approximate surface area is 117 Å². The van der Waals surface area contributed by atoms with Gasteiger partial charge in [0.15, 0.2) is 0 Å². The van der Waals surface area contributed by atoms with Crippen LogP contribution in [-0.2, 0) is 11.2 Å². The number of nitrogens with zero attached hydrogens (tertiary/aromatic N) is 1. The van der Waals surface area contributed by atoms with Gasteiger partial charge >= 0.3 is 0 Å². The van der Waals surface area contributed by atoms with Crippen molar-refractivity contribution in [1.29, 1.82) is 0 Å². The highest BCUT2D eigenvalue weighted by atomic mass is 16.3. The summed E-state index contributed by atoms with van der Waals surface area (Å²) < 4.78 is 0. The molecule has 102 valence electrons. The molecule has 0 aliphatic carbocycles. The molecule has 0 saturated carbocycles. The fraction of sp³-hybridized carbons (Fsp3) is 0.188. The number of benzene rings is 2. The minimum Gasteiger partial charge on any atom is -0.508 e. The molecule has 0 spiro atoms. The number of phenols is 1. The zero-order valence-corrected chi connectivity index (χ0v) is 11.2. The van der Waals surface area contributed by atoms with Crippen LogP contribution < -0.4 is 10.2 Å². The molecule has 4 nitrogen and oxygen atoms in total. The first-order valence-electron chi connectivity index (χ1n) is 6.56. The summed E-state index contributed by atoms with van der Waals surface area (Å²) in [6.45, 7) is 0. The average molecular weight is 268 g/mol. The highest BCUT2D eigenvalue weighted by Crippen LogP contribution is 2.27. The third-order valence-corrected chi connectivity index (χ3v) is 3.62. The molecule has 1 unspecified atom stereocenters. The Hall–Kier alpha value is -2.49. The Morgan fingerprint density at radius 2 is 2.05 bits per heavy atom. The second kappa shape index (κ2) is 4.89. The number of anilines is 2. The average Bonchev–Trinajstić information content (AvgIpc) is 2.89. The molecule has 1 heterocycles. The zero-order chi connectivity index (χ0) is 14.1. The maximum Gasteiger partial charge on any atom is 0.249 e. The molecule has 2 N–H and O–H groups in total. The lowest BCUT2D eigenvalue weighted by Gasteiger charge is -2.21. The summed E-state index contributed by atoms with van der Waals surface area (Å²) in [4.78, 5) is 14.1. The van der Waals surface area contributed by atoms with Gasteiger partial charge in [0.25, 0.3) is 0 Å². The molecule has 4 heteroatoms. The van der Waals surface area contributed by atoms with Gasteiger partial charge in [0.05, 0.1) is 0 Å². The van der Waals surface area contributed by atoms with Crippen molar-refractivity contribution < 1.29 is 9.90 Å². The van der Waals surface area contributed by atoms with Crippen LogP contribution in [0.15, 0.2) is 48.5 Å². The second-order valence-electron chi connectivity index (χ2n) is 4.98. The van der Waals surface area contributed by atoms with Crippen LogP contribution in [0.3, 0.4) is 0 Å². The molecular formula is C16H16N2O2. The van der Waals surface area contributed by atoms with Crippen molar-refractivity contribution in [1.82, 2.24) is 0 Å². The second-order valence-corrected chi connectivity index (χ2v) is 4.98. The lowest BCUT2D eigenvalue weighted by molar-refractivity contribution is -0.118. The van der Waals surface area contributed by atoms with Crippen molar-refractivity contribution in [2.24, 2.45) is 0 Å². The van der Waals surface area contributed by atoms with Gasteiger partial charge in [-0.3, -0.25) is 4.79 Å². The Morgan fingerprint density at radius 3 is 2.80 bits per heavy atom. The number of nitrogens with one attached hydrogen (secondary N) is 1. The van der Waals surface area contributed by atoms with Gasteiger partial charge in [0, 0.05) is 30.9 Å². The van der Waals surface area contributed by atoms with E-state index in [0.717, 1.165) is 11.3 Å². The topological polar surface area (TPSA) is 52.6 Å². The molecule has 1 atom stereocenters. The van der Waals surface area contributed by atoms with E-state index >= 15 is 0 Å². The summed E-state index contributed by atoms with van der Waals surface area (Å²) in [5.74, 6) is 0.150. The number of rotatable bonds is 2. The Bertz CT molecular complexity index is 629. The van der Waals surface area contributed by atoms with Gasteiger partial charge in [0.1, 0.15) is 11.8 Å². The fourth-order valence-electron chi connectivity index (χ4n) is 2.51. The third-order valence-electron chi connectivity index (χ3n) is 3.62. The van der Waals surface area contributed by atoms with Crippen molar-refractivity contribution >= 4 is 17.3 Å². The smallest absolute Gasteiger partial charge is 0.249 e. The third kappa shape index (κ3) is 2.20. The summed E-state index contributed by atoms with van der Waals surface area (Å²) >= 11 is 0. The lowest BCUT2D eigenvalue weighted by Crippen LogP contribution is -2.39. The number of carbonyl (C=O) groups is 1. The predicted octanol–water partition coefficient (Wildman–Crippen LogP) is 2.39. The van der Waals surface area contributed by atoms with Crippen molar-refractivity contribution in [3.63, 3.8) is 0 Å². The number of aromatic hydroxyl groups is 1. The molecule has 0 fully saturated rings. The van der Waals surface area contributed by atoms with Crippen LogP contribution in [0.1, 0.15) is 5.56 Å². The first kappa shape index (κ1) is 12.5. The van der Waals surface area contributed by atoms with Crippen molar-refractivity contribution in [3.8, 4) is 5.75 Å². The highest BCUT2D eigenvalue weighted by Gasteiger charge is 2.29. The van der Waals surface area contributed by atoms with Crippen LogP contribution in [-0.4, -0.2) is 24.1 Å². The molecule has 0 aromatic heterocycles. The van der Waals surface area contributed by atoms with Gasteiger partial charge in [-0.05, 0) is 23.8 Å². The molecule has 1 aliphatic heterocycles. The Balaban J connectivity index is 1.78. The van der Waals surface area contributed by atoms with Gasteiger partial charge in [0.2, 0.25) is 5.91 Å². The monoisotopic (exact) mass is 268 g/mol. The van der Waals surface area contributed by atoms with Crippen LogP contribution in [0.2, 0.25) is 0 Å². The molecule has 0 radical (unpaired) electrons. The van der Waals surface area contributed by atoms with Gasteiger partial charge in [-0.15, -0.1) is 0 Å². The van der Waals surface area contributed by atoms with Crippen LogP contribution in [0.25, 0.3) is 0 Å². The zero-order valence-electron chi connectivity index (χ0n) is 11.2. The molecule has 0 saturated heterocycles. The molecule has 1 amide bonds. The maximum atomic E-state index is 12.5. The van der Waals surface area contributed by atoms with Crippen LogP contribution in [0.4, 0.5) is 11.4 Å². The first-order valence-corrected chi connectivity index (χ1v) is 6.56. The van der Waals surface area contributed by atoms with E-state index in [-0.39, 0.29) is 17.7 Å². The van der Waals surface area contributed by atoms with E-state index in [1.165, 1.54) is 0 Å². The number of phenolic OH excluding ortho intramolecular Hbond substituents is 1. The Morgan fingerprint density at radius 1 is 1.25 bits per heavy atom. The molecule has 20 heavy (non-hydrogen) atoms. The number of para-hydroxylation sites is 1. The number of amides is 1. The number of likely N-dealkylation sites (N-methyl/N-ethyl adjacent to an activating group) is 1. The number of hydrogen-bond donors (Lipinski definition) is 2. The largest absolute Gasteiger partial charge is 0.508 e. The SMILES string of the molecule is CN(C(=O)C1Cc2ccccc2N1)c1cccc(O)c1. The van der Waals surface area contributed by atoms with Crippen LogP contribution in [0, 0.1) is 0 Å². The number of fused-ring (bicyclic) bond motifs is 1.